The second-order valence-corrected chi connectivity index (χ2v) is 6.28. The van der Waals surface area contributed by atoms with E-state index in [1.165, 1.54) is 11.1 Å². The summed E-state index contributed by atoms with van der Waals surface area (Å²) < 4.78 is 0. The maximum atomic E-state index is 4.45. The highest BCUT2D eigenvalue weighted by molar-refractivity contribution is 5.24. The summed E-state index contributed by atoms with van der Waals surface area (Å²) in [6, 6.07) is 8.47. The van der Waals surface area contributed by atoms with Gasteiger partial charge in [-0.05, 0) is 33.3 Å². The van der Waals surface area contributed by atoms with Crippen molar-refractivity contribution in [3.63, 3.8) is 0 Å². The minimum absolute atomic E-state index is 0.111. The van der Waals surface area contributed by atoms with Crippen LogP contribution in [0.3, 0.4) is 0 Å². The van der Waals surface area contributed by atoms with E-state index in [0.29, 0.717) is 0 Å². The van der Waals surface area contributed by atoms with Gasteiger partial charge in [-0.2, -0.15) is 0 Å². The van der Waals surface area contributed by atoms with Crippen molar-refractivity contribution < 1.29 is 0 Å². The van der Waals surface area contributed by atoms with Crippen LogP contribution in [0.1, 0.15) is 43.3 Å². The molecule has 106 valence electrons. The first-order chi connectivity index (χ1) is 9.42. The second kappa shape index (κ2) is 6.14. The molecule has 0 saturated heterocycles. The molecular weight excluding hydrogens is 246 g/mol. The Kier molecular flexibility index (Phi) is 4.50. The molecule has 1 aromatic heterocycles. The minimum atomic E-state index is 0.111. The Morgan fingerprint density at radius 1 is 1.05 bits per heavy atom. The number of benzene rings is 1. The Bertz CT molecular complexity index is 553. The molecular formula is C17H23N3. The van der Waals surface area contributed by atoms with Gasteiger partial charge in [0.05, 0.1) is 0 Å². The van der Waals surface area contributed by atoms with Crippen LogP contribution >= 0.6 is 0 Å². The van der Waals surface area contributed by atoms with Crippen LogP contribution in [0.5, 0.6) is 0 Å². The Morgan fingerprint density at radius 3 is 2.35 bits per heavy atom. The number of aromatic nitrogens is 2. The monoisotopic (exact) mass is 269 g/mol. The van der Waals surface area contributed by atoms with Gasteiger partial charge in [-0.1, -0.05) is 29.8 Å². The molecule has 0 spiro atoms. The maximum Gasteiger partial charge on any atom is 0.132 e. The third-order valence-corrected chi connectivity index (χ3v) is 3.03. The van der Waals surface area contributed by atoms with Gasteiger partial charge in [0, 0.05) is 36.5 Å². The van der Waals surface area contributed by atoms with Gasteiger partial charge in [0.2, 0.25) is 0 Å². The van der Waals surface area contributed by atoms with Crippen LogP contribution < -0.4 is 5.32 Å². The van der Waals surface area contributed by atoms with Crippen LogP contribution in [0, 0.1) is 6.92 Å². The predicted molar refractivity (Wildman–Crippen MR) is 82.6 cm³/mol. The molecule has 2 rings (SSSR count). The number of hydrogen-bond donors (Lipinski definition) is 1. The van der Waals surface area contributed by atoms with Crippen molar-refractivity contribution in [2.45, 2.75) is 46.2 Å². The average molecular weight is 269 g/mol. The molecule has 20 heavy (non-hydrogen) atoms. The van der Waals surface area contributed by atoms with Gasteiger partial charge in [-0.15, -0.1) is 0 Å². The van der Waals surface area contributed by atoms with Gasteiger partial charge in [0.1, 0.15) is 5.82 Å². The first-order valence-electron chi connectivity index (χ1n) is 7.03. The van der Waals surface area contributed by atoms with E-state index in [0.717, 1.165) is 24.4 Å². The highest BCUT2D eigenvalue weighted by Crippen LogP contribution is 2.09. The molecule has 0 fully saturated rings. The summed E-state index contributed by atoms with van der Waals surface area (Å²) in [5.41, 5.74) is 3.76. The van der Waals surface area contributed by atoms with Crippen molar-refractivity contribution >= 4 is 0 Å². The third-order valence-electron chi connectivity index (χ3n) is 3.03. The van der Waals surface area contributed by atoms with Crippen LogP contribution in [0.2, 0.25) is 0 Å². The van der Waals surface area contributed by atoms with Crippen LogP contribution in [-0.2, 0) is 13.0 Å². The predicted octanol–water partition coefficient (Wildman–Crippen LogP) is 3.26. The summed E-state index contributed by atoms with van der Waals surface area (Å²) in [7, 11) is 0. The Morgan fingerprint density at radius 2 is 1.75 bits per heavy atom. The van der Waals surface area contributed by atoms with Crippen molar-refractivity contribution in [1.29, 1.82) is 0 Å². The van der Waals surface area contributed by atoms with Gasteiger partial charge < -0.3 is 5.32 Å². The molecule has 2 aromatic rings. The number of nitrogens with zero attached hydrogens (tertiary/aromatic N) is 2. The Labute approximate surface area is 121 Å². The summed E-state index contributed by atoms with van der Waals surface area (Å²) in [6.07, 6.45) is 4.61. The number of hydrogen-bond acceptors (Lipinski definition) is 3. The molecule has 3 nitrogen and oxygen atoms in total. The summed E-state index contributed by atoms with van der Waals surface area (Å²) in [4.78, 5) is 8.91. The lowest BCUT2D eigenvalue weighted by atomic mass is 10.1. The molecule has 0 unspecified atom stereocenters. The van der Waals surface area contributed by atoms with E-state index in [9.17, 15) is 0 Å². The number of aryl methyl sites for hydroxylation is 1. The highest BCUT2D eigenvalue weighted by Gasteiger charge is 2.08. The average Bonchev–Trinajstić information content (AvgIpc) is 2.37. The van der Waals surface area contributed by atoms with E-state index in [4.69, 9.17) is 0 Å². The van der Waals surface area contributed by atoms with Crippen molar-refractivity contribution in [2.75, 3.05) is 0 Å². The van der Waals surface area contributed by atoms with Gasteiger partial charge in [-0.25, -0.2) is 9.97 Å². The summed E-state index contributed by atoms with van der Waals surface area (Å²) in [6.45, 7) is 9.36. The molecule has 1 aromatic carbocycles. The Hall–Kier alpha value is -1.74. The van der Waals surface area contributed by atoms with Crippen molar-refractivity contribution in [3.05, 3.63) is 59.2 Å². The van der Waals surface area contributed by atoms with Gasteiger partial charge >= 0.3 is 0 Å². The fraction of sp³-hybridized carbons (Fsp3) is 0.412. The van der Waals surface area contributed by atoms with Crippen LogP contribution in [0.25, 0.3) is 0 Å². The molecule has 0 saturated carbocycles. The molecule has 0 aliphatic heterocycles. The molecule has 0 aliphatic carbocycles. The molecule has 3 heteroatoms. The Balaban J connectivity index is 1.98. The van der Waals surface area contributed by atoms with E-state index in [1.807, 2.05) is 12.4 Å². The quantitative estimate of drug-likeness (QED) is 0.925. The second-order valence-electron chi connectivity index (χ2n) is 6.28. The zero-order valence-electron chi connectivity index (χ0n) is 12.8. The lowest BCUT2D eigenvalue weighted by Crippen LogP contribution is -2.35. The van der Waals surface area contributed by atoms with Gasteiger partial charge in [0.15, 0.2) is 0 Å². The normalized spacial score (nSPS) is 11.6. The maximum absolute atomic E-state index is 4.45. The zero-order valence-corrected chi connectivity index (χ0v) is 12.8. The smallest absolute Gasteiger partial charge is 0.132 e. The van der Waals surface area contributed by atoms with Gasteiger partial charge in [0.25, 0.3) is 0 Å². The van der Waals surface area contributed by atoms with E-state index < -0.39 is 0 Å². The molecule has 0 amide bonds. The van der Waals surface area contributed by atoms with Crippen LogP contribution in [-0.4, -0.2) is 15.5 Å². The summed E-state index contributed by atoms with van der Waals surface area (Å²) >= 11 is 0. The molecule has 0 atom stereocenters. The molecule has 0 aliphatic rings. The number of rotatable bonds is 4. The molecule has 1 N–H and O–H groups in total. The van der Waals surface area contributed by atoms with Crippen molar-refractivity contribution in [3.8, 4) is 0 Å². The topological polar surface area (TPSA) is 37.8 Å². The van der Waals surface area contributed by atoms with Crippen molar-refractivity contribution in [2.24, 2.45) is 0 Å². The molecule has 0 radical (unpaired) electrons. The lowest BCUT2D eigenvalue weighted by molar-refractivity contribution is 0.423. The SMILES string of the molecule is Cc1cccc(Cc2ncc(CNC(C)(C)C)cn2)c1. The summed E-state index contributed by atoms with van der Waals surface area (Å²) in [5, 5.41) is 3.43. The zero-order chi connectivity index (χ0) is 14.6. The van der Waals surface area contributed by atoms with Crippen molar-refractivity contribution in [1.82, 2.24) is 15.3 Å². The first kappa shape index (κ1) is 14.7. The van der Waals surface area contributed by atoms with Gasteiger partial charge in [-0.3, -0.25) is 0 Å². The minimum Gasteiger partial charge on any atom is -0.308 e. The van der Waals surface area contributed by atoms with E-state index in [2.05, 4.69) is 67.2 Å². The van der Waals surface area contributed by atoms with Crippen LogP contribution in [0.4, 0.5) is 0 Å². The highest BCUT2D eigenvalue weighted by atomic mass is 15.0. The van der Waals surface area contributed by atoms with E-state index in [-0.39, 0.29) is 5.54 Å². The summed E-state index contributed by atoms with van der Waals surface area (Å²) in [5.74, 6) is 0.870. The largest absolute Gasteiger partial charge is 0.308 e. The third kappa shape index (κ3) is 4.74. The molecule has 0 bridgehead atoms. The van der Waals surface area contributed by atoms with E-state index >= 15 is 0 Å². The van der Waals surface area contributed by atoms with E-state index in [1.54, 1.807) is 0 Å². The fourth-order valence-electron chi connectivity index (χ4n) is 1.94. The molecule has 1 heterocycles. The van der Waals surface area contributed by atoms with Crippen LogP contribution in [0.15, 0.2) is 36.7 Å². The number of nitrogens with one attached hydrogen (secondary N) is 1. The standard InChI is InChI=1S/C17H23N3/c1-13-6-5-7-14(8-13)9-16-18-10-15(11-19-16)12-20-17(2,3)4/h5-8,10-11,20H,9,12H2,1-4H3. The lowest BCUT2D eigenvalue weighted by Gasteiger charge is -2.20. The fourth-order valence-corrected chi connectivity index (χ4v) is 1.94. The first-order valence-corrected chi connectivity index (χ1v) is 7.03.